The molecule has 3 aromatic rings. The minimum Gasteiger partial charge on any atom is -0.496 e. The normalized spacial score (nSPS) is 21.4. The fourth-order valence-electron chi connectivity index (χ4n) is 5.51. The molecule has 0 aliphatic carbocycles. The Bertz CT molecular complexity index is 1260. The molecule has 1 unspecified atom stereocenters. The van der Waals surface area contributed by atoms with Crippen molar-refractivity contribution in [3.63, 3.8) is 0 Å². The van der Waals surface area contributed by atoms with Crippen LogP contribution >= 0.6 is 0 Å². The van der Waals surface area contributed by atoms with Gasteiger partial charge >= 0.3 is 0 Å². The molecule has 3 N–H and O–H groups in total. The van der Waals surface area contributed by atoms with Crippen LogP contribution in [0.1, 0.15) is 32.8 Å². The number of methoxy groups -OCH3 is 4. The molecule has 1 aliphatic heterocycles. The van der Waals surface area contributed by atoms with Crippen LogP contribution in [0.25, 0.3) is 21.5 Å². The van der Waals surface area contributed by atoms with E-state index in [0.717, 1.165) is 16.3 Å². The first-order valence-electron chi connectivity index (χ1n) is 11.7. The minimum absolute atomic E-state index is 0.0438. The van der Waals surface area contributed by atoms with Crippen molar-refractivity contribution in [2.75, 3.05) is 40.8 Å². The molecule has 2 atom stereocenters. The van der Waals surface area contributed by atoms with E-state index < -0.39 is 11.4 Å². The van der Waals surface area contributed by atoms with Gasteiger partial charge in [0.15, 0.2) is 5.79 Å². The van der Waals surface area contributed by atoms with Crippen molar-refractivity contribution in [1.82, 2.24) is 0 Å². The average molecular weight is 486 g/mol. The molecule has 1 saturated heterocycles. The molecule has 0 bridgehead atoms. The second kappa shape index (κ2) is 9.26. The average Bonchev–Trinajstić information content (AvgIpc) is 3.04. The van der Waals surface area contributed by atoms with Gasteiger partial charge in [0.05, 0.1) is 50.7 Å². The number of benzene rings is 3. The Labute approximate surface area is 205 Å². The predicted octanol–water partition coefficient (Wildman–Crippen LogP) is 4.44. The molecule has 1 heterocycles. The van der Waals surface area contributed by atoms with Crippen molar-refractivity contribution in [2.24, 2.45) is 0 Å². The third-order valence-electron chi connectivity index (χ3n) is 6.85. The van der Waals surface area contributed by atoms with E-state index >= 15 is 0 Å². The zero-order valence-corrected chi connectivity index (χ0v) is 21.5. The zero-order valence-electron chi connectivity index (χ0n) is 21.5. The first kappa shape index (κ1) is 25.2. The lowest BCUT2D eigenvalue weighted by Gasteiger charge is -2.32. The number of aliphatic hydroxyl groups excluding tert-OH is 1. The van der Waals surface area contributed by atoms with Gasteiger partial charge in [0.1, 0.15) is 28.6 Å². The molecule has 4 rings (SSSR count). The summed E-state index contributed by atoms with van der Waals surface area (Å²) in [5.74, 6) is 1.60. The number of aliphatic hydroxyl groups is 1. The Morgan fingerprint density at radius 3 is 2.17 bits per heavy atom. The first-order chi connectivity index (χ1) is 16.7. The van der Waals surface area contributed by atoms with Crippen LogP contribution in [-0.4, -0.2) is 57.6 Å². The second-order valence-electron chi connectivity index (χ2n) is 9.33. The van der Waals surface area contributed by atoms with Gasteiger partial charge in [-0.3, -0.25) is 0 Å². The van der Waals surface area contributed by atoms with E-state index in [0.29, 0.717) is 52.3 Å². The Balaban J connectivity index is 2.09. The Morgan fingerprint density at radius 2 is 1.63 bits per heavy atom. The van der Waals surface area contributed by atoms with Crippen molar-refractivity contribution >= 4 is 27.2 Å². The number of rotatable bonds is 8. The van der Waals surface area contributed by atoms with Gasteiger partial charge in [0.25, 0.3) is 0 Å². The fraction of sp³-hybridized carbons (Fsp3) is 0.481. The van der Waals surface area contributed by atoms with Crippen LogP contribution in [0.3, 0.4) is 0 Å². The van der Waals surface area contributed by atoms with Gasteiger partial charge in [0, 0.05) is 36.1 Å². The highest BCUT2D eigenvalue weighted by Gasteiger charge is 2.51. The molecular formula is C27H35NO7. The van der Waals surface area contributed by atoms with Crippen LogP contribution in [0.4, 0.5) is 5.69 Å². The summed E-state index contributed by atoms with van der Waals surface area (Å²) in [4.78, 5) is 0. The molecule has 3 aromatic carbocycles. The summed E-state index contributed by atoms with van der Waals surface area (Å²) in [7, 11) is 6.46. The summed E-state index contributed by atoms with van der Waals surface area (Å²) in [5.41, 5.74) is 7.02. The van der Waals surface area contributed by atoms with E-state index in [4.69, 9.17) is 34.2 Å². The lowest BCUT2D eigenvalue weighted by molar-refractivity contribution is -0.165. The van der Waals surface area contributed by atoms with Crippen LogP contribution < -0.4 is 24.7 Å². The lowest BCUT2D eigenvalue weighted by Crippen LogP contribution is -2.42. The number of nitrogens with two attached hydrogens (primary N) is 1. The topological polar surface area (TPSA) is 102 Å². The van der Waals surface area contributed by atoms with E-state index in [2.05, 4.69) is 0 Å². The number of hydrogen-bond acceptors (Lipinski definition) is 8. The maximum absolute atomic E-state index is 9.91. The van der Waals surface area contributed by atoms with Gasteiger partial charge in [-0.15, -0.1) is 0 Å². The van der Waals surface area contributed by atoms with Crippen molar-refractivity contribution in [3.8, 4) is 23.0 Å². The quantitative estimate of drug-likeness (QED) is 0.357. The molecule has 35 heavy (non-hydrogen) atoms. The zero-order chi connectivity index (χ0) is 25.5. The van der Waals surface area contributed by atoms with Crippen LogP contribution in [0.5, 0.6) is 23.0 Å². The maximum Gasteiger partial charge on any atom is 0.164 e. The molecule has 8 nitrogen and oxygen atoms in total. The molecule has 0 amide bonds. The van der Waals surface area contributed by atoms with Crippen LogP contribution in [-0.2, 0) is 15.9 Å². The third-order valence-corrected chi connectivity index (χ3v) is 6.85. The monoisotopic (exact) mass is 485 g/mol. The Morgan fingerprint density at radius 1 is 0.943 bits per heavy atom. The van der Waals surface area contributed by atoms with Crippen LogP contribution in [0, 0.1) is 0 Å². The number of nitrogen functional groups attached to an aromatic ring is 1. The molecule has 0 radical (unpaired) electrons. The largest absolute Gasteiger partial charge is 0.496 e. The summed E-state index contributed by atoms with van der Waals surface area (Å²) in [5, 5.41) is 12.9. The van der Waals surface area contributed by atoms with Gasteiger partial charge < -0.3 is 39.3 Å². The highest BCUT2D eigenvalue weighted by molar-refractivity contribution is 6.18. The molecule has 0 saturated carbocycles. The van der Waals surface area contributed by atoms with Crippen molar-refractivity contribution in [3.05, 3.63) is 29.8 Å². The van der Waals surface area contributed by atoms with Gasteiger partial charge in [-0.05, 0) is 32.9 Å². The summed E-state index contributed by atoms with van der Waals surface area (Å²) in [6, 6.07) is 7.57. The Hall–Kier alpha value is -2.94. The van der Waals surface area contributed by atoms with E-state index in [9.17, 15) is 5.11 Å². The summed E-state index contributed by atoms with van der Waals surface area (Å²) in [6.07, 6.45) is 0.563. The van der Waals surface area contributed by atoms with Crippen molar-refractivity contribution in [2.45, 2.75) is 51.1 Å². The summed E-state index contributed by atoms with van der Waals surface area (Å²) < 4.78 is 36.2. The summed E-state index contributed by atoms with van der Waals surface area (Å²) >= 11 is 0. The van der Waals surface area contributed by atoms with Gasteiger partial charge in [-0.25, -0.2) is 0 Å². The third kappa shape index (κ3) is 3.99. The van der Waals surface area contributed by atoms with E-state index in [-0.39, 0.29) is 12.7 Å². The maximum atomic E-state index is 9.91. The Kier molecular flexibility index (Phi) is 6.66. The standard InChI is InChI=1S/C27H35NO7/c1-15-27(11-12-29,35-26(2,3)34-15)14-16-13-19(30-4)21-22(23(16)31-5)24(32-6)17-9-8-10-18(28)20(17)25(21)33-7/h8-10,13,15,29H,11-12,14,28H2,1-7H3/t15?,27-/m1/s1. The molecule has 190 valence electrons. The fourth-order valence-corrected chi connectivity index (χ4v) is 5.51. The SMILES string of the molecule is COc1cc(C[C@@]2(CCO)OC(C)(C)OC2C)c(OC)c2c(OC)c3cccc(N)c3c(OC)c12. The number of fused-ring (bicyclic) bond motifs is 2. The smallest absolute Gasteiger partial charge is 0.164 e. The van der Waals surface area contributed by atoms with Crippen LogP contribution in [0.15, 0.2) is 24.3 Å². The number of hydrogen-bond donors (Lipinski definition) is 2. The van der Waals surface area contributed by atoms with E-state index in [1.54, 1.807) is 28.4 Å². The van der Waals surface area contributed by atoms with Gasteiger partial charge in [0.2, 0.25) is 0 Å². The minimum atomic E-state index is -0.780. The van der Waals surface area contributed by atoms with E-state index in [1.807, 2.05) is 45.0 Å². The van der Waals surface area contributed by atoms with Crippen molar-refractivity contribution < 1.29 is 33.5 Å². The van der Waals surface area contributed by atoms with Crippen molar-refractivity contribution in [1.29, 1.82) is 0 Å². The van der Waals surface area contributed by atoms with Gasteiger partial charge in [-0.2, -0.15) is 0 Å². The molecule has 8 heteroatoms. The first-order valence-corrected chi connectivity index (χ1v) is 11.7. The molecule has 0 aromatic heterocycles. The van der Waals surface area contributed by atoms with E-state index in [1.165, 1.54) is 0 Å². The molecular weight excluding hydrogens is 450 g/mol. The molecule has 0 spiro atoms. The summed E-state index contributed by atoms with van der Waals surface area (Å²) in [6.45, 7) is 5.68. The number of ether oxygens (including phenoxy) is 6. The highest BCUT2D eigenvalue weighted by atomic mass is 16.8. The second-order valence-corrected chi connectivity index (χ2v) is 9.33. The van der Waals surface area contributed by atoms with Gasteiger partial charge in [-0.1, -0.05) is 12.1 Å². The van der Waals surface area contributed by atoms with Crippen LogP contribution in [0.2, 0.25) is 0 Å². The highest BCUT2D eigenvalue weighted by Crippen LogP contribution is 2.53. The molecule has 1 aliphatic rings. The lowest BCUT2D eigenvalue weighted by atomic mass is 9.85. The predicted molar refractivity (Wildman–Crippen MR) is 136 cm³/mol. The molecule has 1 fully saturated rings. The number of anilines is 1.